The van der Waals surface area contributed by atoms with Gasteiger partial charge in [-0.2, -0.15) is 4.31 Å². The van der Waals surface area contributed by atoms with Crippen LogP contribution in [0.15, 0.2) is 0 Å². The van der Waals surface area contributed by atoms with Crippen LogP contribution in [0.3, 0.4) is 0 Å². The molecule has 0 aromatic rings. The fourth-order valence-electron chi connectivity index (χ4n) is 1.57. The Morgan fingerprint density at radius 1 is 1.33 bits per heavy atom. The standard InChI is InChI=1S/C12H25NO4S/c1-6-7-8-18(16,17)13(12(3,4)5)9-10(2)11(14)15/h10H,6-9H2,1-5H3,(H,14,15). The molecule has 0 saturated heterocycles. The summed E-state index contributed by atoms with van der Waals surface area (Å²) < 4.78 is 25.8. The van der Waals surface area contributed by atoms with Crippen molar-refractivity contribution in [1.82, 2.24) is 4.31 Å². The Labute approximate surface area is 110 Å². The zero-order valence-corrected chi connectivity index (χ0v) is 12.7. The van der Waals surface area contributed by atoms with Crippen molar-refractivity contribution in [1.29, 1.82) is 0 Å². The minimum atomic E-state index is -3.40. The van der Waals surface area contributed by atoms with Crippen molar-refractivity contribution in [3.8, 4) is 0 Å². The average Bonchev–Trinajstić information content (AvgIpc) is 2.20. The van der Waals surface area contributed by atoms with Crippen molar-refractivity contribution >= 4 is 16.0 Å². The van der Waals surface area contributed by atoms with Gasteiger partial charge in [0.25, 0.3) is 0 Å². The number of nitrogens with zero attached hydrogens (tertiary/aromatic N) is 1. The normalized spacial score (nSPS) is 14.8. The highest BCUT2D eigenvalue weighted by Gasteiger charge is 2.34. The van der Waals surface area contributed by atoms with Crippen LogP contribution in [0.4, 0.5) is 0 Å². The molecule has 0 aliphatic rings. The maximum atomic E-state index is 12.2. The first-order valence-electron chi connectivity index (χ1n) is 6.25. The third kappa shape index (κ3) is 5.35. The monoisotopic (exact) mass is 279 g/mol. The maximum absolute atomic E-state index is 12.2. The van der Waals surface area contributed by atoms with Gasteiger partial charge in [0.1, 0.15) is 0 Å². The lowest BCUT2D eigenvalue weighted by molar-refractivity contribution is -0.141. The van der Waals surface area contributed by atoms with Crippen LogP contribution in [0, 0.1) is 5.92 Å². The van der Waals surface area contributed by atoms with Gasteiger partial charge in [0.2, 0.25) is 10.0 Å². The van der Waals surface area contributed by atoms with Crippen LogP contribution in [0.2, 0.25) is 0 Å². The molecule has 1 unspecified atom stereocenters. The van der Waals surface area contributed by atoms with Crippen molar-refractivity contribution in [3.05, 3.63) is 0 Å². The van der Waals surface area contributed by atoms with E-state index < -0.39 is 27.4 Å². The minimum Gasteiger partial charge on any atom is -0.481 e. The zero-order valence-electron chi connectivity index (χ0n) is 11.9. The molecule has 0 bridgehead atoms. The first-order chi connectivity index (χ1) is 8.02. The van der Waals surface area contributed by atoms with Gasteiger partial charge in [-0.3, -0.25) is 4.79 Å². The molecule has 0 heterocycles. The van der Waals surface area contributed by atoms with E-state index in [1.165, 1.54) is 11.2 Å². The van der Waals surface area contributed by atoms with E-state index in [0.29, 0.717) is 6.42 Å². The van der Waals surface area contributed by atoms with Gasteiger partial charge in [0.15, 0.2) is 0 Å². The summed E-state index contributed by atoms with van der Waals surface area (Å²) in [5.74, 6) is -1.61. The number of carboxylic acid groups (broad SMARTS) is 1. The van der Waals surface area contributed by atoms with Crippen molar-refractivity contribution in [2.45, 2.75) is 53.0 Å². The first-order valence-corrected chi connectivity index (χ1v) is 7.86. The maximum Gasteiger partial charge on any atom is 0.307 e. The molecule has 0 radical (unpaired) electrons. The Morgan fingerprint density at radius 3 is 2.17 bits per heavy atom. The molecule has 5 nitrogen and oxygen atoms in total. The molecule has 18 heavy (non-hydrogen) atoms. The molecule has 0 amide bonds. The third-order valence-electron chi connectivity index (χ3n) is 2.70. The van der Waals surface area contributed by atoms with Crippen LogP contribution in [-0.2, 0) is 14.8 Å². The van der Waals surface area contributed by atoms with Crippen LogP contribution >= 0.6 is 0 Å². The highest BCUT2D eigenvalue weighted by Crippen LogP contribution is 2.21. The number of carbonyl (C=O) groups is 1. The molecule has 0 aliphatic carbocycles. The van der Waals surface area contributed by atoms with E-state index in [2.05, 4.69) is 0 Å². The van der Waals surface area contributed by atoms with Crippen LogP contribution in [-0.4, -0.2) is 41.6 Å². The van der Waals surface area contributed by atoms with Gasteiger partial charge in [-0.05, 0) is 27.2 Å². The summed E-state index contributed by atoms with van der Waals surface area (Å²) in [7, 11) is -3.40. The Kier molecular flexibility index (Phi) is 6.29. The molecule has 0 saturated carbocycles. The third-order valence-corrected chi connectivity index (χ3v) is 4.87. The highest BCUT2D eigenvalue weighted by atomic mass is 32.2. The van der Waals surface area contributed by atoms with Crippen molar-refractivity contribution in [2.75, 3.05) is 12.3 Å². The van der Waals surface area contributed by atoms with E-state index in [1.807, 2.05) is 6.92 Å². The molecular weight excluding hydrogens is 254 g/mol. The molecule has 0 rings (SSSR count). The molecular formula is C12H25NO4S. The largest absolute Gasteiger partial charge is 0.481 e. The summed E-state index contributed by atoms with van der Waals surface area (Å²) in [6, 6.07) is 0. The summed E-state index contributed by atoms with van der Waals surface area (Å²) in [6.07, 6.45) is 1.39. The lowest BCUT2D eigenvalue weighted by Crippen LogP contribution is -2.49. The SMILES string of the molecule is CCCCS(=O)(=O)N(CC(C)C(=O)O)C(C)(C)C. The summed E-state index contributed by atoms with van der Waals surface area (Å²) in [5.41, 5.74) is -0.601. The summed E-state index contributed by atoms with van der Waals surface area (Å²) in [6.45, 7) is 8.82. The second kappa shape index (κ2) is 6.52. The summed E-state index contributed by atoms with van der Waals surface area (Å²) >= 11 is 0. The minimum absolute atomic E-state index is 0.0187. The summed E-state index contributed by atoms with van der Waals surface area (Å²) in [5, 5.41) is 8.92. The fraction of sp³-hybridized carbons (Fsp3) is 0.917. The Hall–Kier alpha value is -0.620. The van der Waals surface area contributed by atoms with Gasteiger partial charge in [0.05, 0.1) is 11.7 Å². The molecule has 0 fully saturated rings. The van der Waals surface area contributed by atoms with E-state index in [9.17, 15) is 13.2 Å². The second-order valence-electron chi connectivity index (χ2n) is 5.61. The van der Waals surface area contributed by atoms with Gasteiger partial charge >= 0.3 is 5.97 Å². The van der Waals surface area contributed by atoms with Crippen LogP contribution in [0.25, 0.3) is 0 Å². The molecule has 0 aliphatic heterocycles. The Bertz CT molecular complexity index is 370. The number of rotatable bonds is 7. The number of hydrogen-bond acceptors (Lipinski definition) is 3. The van der Waals surface area contributed by atoms with Gasteiger partial charge in [0, 0.05) is 12.1 Å². The van der Waals surface area contributed by atoms with Gasteiger partial charge in [-0.15, -0.1) is 0 Å². The molecule has 0 aromatic heterocycles. The van der Waals surface area contributed by atoms with Crippen molar-refractivity contribution in [3.63, 3.8) is 0 Å². The Morgan fingerprint density at radius 2 is 1.83 bits per heavy atom. The van der Waals surface area contributed by atoms with Gasteiger partial charge < -0.3 is 5.11 Å². The Balaban J connectivity index is 5.08. The topological polar surface area (TPSA) is 74.7 Å². The number of unbranched alkanes of at least 4 members (excludes halogenated alkanes) is 1. The summed E-state index contributed by atoms with van der Waals surface area (Å²) in [4.78, 5) is 10.9. The number of hydrogen-bond donors (Lipinski definition) is 1. The van der Waals surface area contributed by atoms with E-state index >= 15 is 0 Å². The van der Waals surface area contributed by atoms with Crippen molar-refractivity contribution < 1.29 is 18.3 Å². The average molecular weight is 279 g/mol. The smallest absolute Gasteiger partial charge is 0.307 e. The molecule has 1 atom stereocenters. The number of sulfonamides is 1. The second-order valence-corrected chi connectivity index (χ2v) is 7.62. The van der Waals surface area contributed by atoms with E-state index in [0.717, 1.165) is 6.42 Å². The first kappa shape index (κ1) is 17.4. The molecule has 1 N–H and O–H groups in total. The lowest BCUT2D eigenvalue weighted by atomic mass is 10.1. The van der Waals surface area contributed by atoms with Gasteiger partial charge in [-0.25, -0.2) is 8.42 Å². The van der Waals surface area contributed by atoms with E-state index in [-0.39, 0.29) is 12.3 Å². The van der Waals surface area contributed by atoms with E-state index in [1.54, 1.807) is 20.8 Å². The molecule has 0 aromatic carbocycles. The number of carboxylic acids is 1. The quantitative estimate of drug-likeness (QED) is 0.772. The molecule has 6 heteroatoms. The molecule has 108 valence electrons. The van der Waals surface area contributed by atoms with Crippen LogP contribution in [0.1, 0.15) is 47.5 Å². The predicted molar refractivity (Wildman–Crippen MR) is 72.0 cm³/mol. The fourth-order valence-corrected chi connectivity index (χ4v) is 3.73. The van der Waals surface area contributed by atoms with Crippen LogP contribution < -0.4 is 0 Å². The molecule has 0 spiro atoms. The zero-order chi connectivity index (χ0) is 14.6. The van der Waals surface area contributed by atoms with Gasteiger partial charge in [-0.1, -0.05) is 20.3 Å². The van der Waals surface area contributed by atoms with Crippen LogP contribution in [0.5, 0.6) is 0 Å². The lowest BCUT2D eigenvalue weighted by Gasteiger charge is -2.35. The predicted octanol–water partition coefficient (Wildman–Crippen LogP) is 1.94. The number of aliphatic carboxylic acids is 1. The van der Waals surface area contributed by atoms with E-state index in [4.69, 9.17) is 5.11 Å². The van der Waals surface area contributed by atoms with Crippen molar-refractivity contribution in [2.24, 2.45) is 5.92 Å². The highest BCUT2D eigenvalue weighted by molar-refractivity contribution is 7.89.